The van der Waals surface area contributed by atoms with Crippen LogP contribution in [0.2, 0.25) is 0 Å². The van der Waals surface area contributed by atoms with E-state index < -0.39 is 17.9 Å². The summed E-state index contributed by atoms with van der Waals surface area (Å²) in [6.45, 7) is 1.35. The summed E-state index contributed by atoms with van der Waals surface area (Å²) in [7, 11) is 0. The number of imide groups is 1. The molecule has 6 heteroatoms. The molecule has 1 aromatic heterocycles. The van der Waals surface area contributed by atoms with E-state index in [-0.39, 0.29) is 18.7 Å². The largest absolute Gasteiger partial charge is 0.361 e. The summed E-state index contributed by atoms with van der Waals surface area (Å²) < 4.78 is 0. The minimum Gasteiger partial charge on any atom is -0.361 e. The van der Waals surface area contributed by atoms with Crippen molar-refractivity contribution in [2.24, 2.45) is 0 Å². The fraction of sp³-hybridized carbons (Fsp3) is 0.190. The van der Waals surface area contributed by atoms with E-state index in [0.717, 1.165) is 22.0 Å². The van der Waals surface area contributed by atoms with Crippen molar-refractivity contribution >= 4 is 28.6 Å². The molecule has 27 heavy (non-hydrogen) atoms. The molecule has 0 unspecified atom stereocenters. The molecule has 138 valence electrons. The van der Waals surface area contributed by atoms with E-state index >= 15 is 0 Å². The number of benzene rings is 2. The quantitative estimate of drug-likeness (QED) is 0.626. The average Bonchev–Trinajstić information content (AvgIpc) is 3.04. The molecule has 1 heterocycles. The van der Waals surface area contributed by atoms with Crippen molar-refractivity contribution in [2.45, 2.75) is 25.8 Å². The number of para-hydroxylation sites is 1. The molecule has 0 aliphatic rings. The molecule has 0 aliphatic carbocycles. The van der Waals surface area contributed by atoms with Gasteiger partial charge in [-0.25, -0.2) is 0 Å². The van der Waals surface area contributed by atoms with E-state index in [1.54, 1.807) is 0 Å². The minimum absolute atomic E-state index is 0.104. The highest BCUT2D eigenvalue weighted by Crippen LogP contribution is 2.19. The minimum atomic E-state index is -0.832. The number of hydrogen-bond donors (Lipinski definition) is 3. The summed E-state index contributed by atoms with van der Waals surface area (Å²) in [6, 6.07) is 16.1. The highest BCUT2D eigenvalue weighted by molar-refractivity contribution is 6.00. The van der Waals surface area contributed by atoms with Gasteiger partial charge in [0.2, 0.25) is 17.7 Å². The lowest BCUT2D eigenvalue weighted by molar-refractivity contribution is -0.133. The molecule has 0 bridgehead atoms. The zero-order chi connectivity index (χ0) is 19.2. The first-order valence-electron chi connectivity index (χ1n) is 8.72. The van der Waals surface area contributed by atoms with Crippen LogP contribution in [-0.2, 0) is 27.2 Å². The maximum atomic E-state index is 12.6. The number of rotatable bonds is 6. The second-order valence-corrected chi connectivity index (χ2v) is 6.39. The third-order valence-corrected chi connectivity index (χ3v) is 4.26. The van der Waals surface area contributed by atoms with Crippen LogP contribution in [0, 0.1) is 0 Å². The monoisotopic (exact) mass is 363 g/mol. The average molecular weight is 363 g/mol. The molecular weight excluding hydrogens is 342 g/mol. The van der Waals surface area contributed by atoms with Gasteiger partial charge in [0.15, 0.2) is 0 Å². The summed E-state index contributed by atoms with van der Waals surface area (Å²) in [6.07, 6.45) is 2.21. The fourth-order valence-corrected chi connectivity index (χ4v) is 3.03. The number of hydrogen-bond acceptors (Lipinski definition) is 3. The maximum Gasteiger partial charge on any atom is 0.249 e. The molecule has 3 aromatic rings. The number of carbonyl (C=O) groups is 3. The van der Waals surface area contributed by atoms with Crippen molar-refractivity contribution in [3.8, 4) is 0 Å². The Morgan fingerprint density at radius 2 is 1.70 bits per heavy atom. The molecule has 0 fully saturated rings. The van der Waals surface area contributed by atoms with Crippen LogP contribution in [0.25, 0.3) is 10.9 Å². The van der Waals surface area contributed by atoms with Gasteiger partial charge in [-0.15, -0.1) is 0 Å². The molecule has 3 N–H and O–H groups in total. The predicted molar refractivity (Wildman–Crippen MR) is 103 cm³/mol. The Morgan fingerprint density at radius 3 is 2.44 bits per heavy atom. The highest BCUT2D eigenvalue weighted by atomic mass is 16.2. The zero-order valence-corrected chi connectivity index (χ0v) is 15.0. The number of carbonyl (C=O) groups excluding carboxylic acids is 3. The second-order valence-electron chi connectivity index (χ2n) is 6.39. The highest BCUT2D eigenvalue weighted by Gasteiger charge is 2.23. The lowest BCUT2D eigenvalue weighted by atomic mass is 10.0. The number of nitrogens with one attached hydrogen (secondary N) is 3. The maximum absolute atomic E-state index is 12.6. The predicted octanol–water partition coefficient (Wildman–Crippen LogP) is 2.10. The Morgan fingerprint density at radius 1 is 1.00 bits per heavy atom. The fourth-order valence-electron chi connectivity index (χ4n) is 3.03. The lowest BCUT2D eigenvalue weighted by Crippen LogP contribution is -2.49. The van der Waals surface area contributed by atoms with Gasteiger partial charge in [0, 0.05) is 30.4 Å². The van der Waals surface area contributed by atoms with Gasteiger partial charge in [0.05, 0.1) is 6.42 Å². The molecule has 3 amide bonds. The number of fused-ring (bicyclic) bond motifs is 1. The van der Waals surface area contributed by atoms with Crippen molar-refractivity contribution in [3.63, 3.8) is 0 Å². The number of aromatic amines is 1. The number of amides is 3. The summed E-state index contributed by atoms with van der Waals surface area (Å²) in [5, 5.41) is 6.01. The van der Waals surface area contributed by atoms with Crippen LogP contribution < -0.4 is 10.6 Å². The van der Waals surface area contributed by atoms with Crippen LogP contribution >= 0.6 is 0 Å². The molecule has 0 radical (unpaired) electrons. The molecule has 3 rings (SSSR count). The van der Waals surface area contributed by atoms with E-state index in [2.05, 4.69) is 15.6 Å². The van der Waals surface area contributed by atoms with Gasteiger partial charge < -0.3 is 10.3 Å². The third-order valence-electron chi connectivity index (χ3n) is 4.26. The van der Waals surface area contributed by atoms with Crippen LogP contribution in [-0.4, -0.2) is 28.7 Å². The molecule has 0 saturated carbocycles. The Labute approximate surface area is 157 Å². The molecule has 0 spiro atoms. The van der Waals surface area contributed by atoms with Gasteiger partial charge >= 0.3 is 0 Å². The van der Waals surface area contributed by atoms with E-state index in [0.29, 0.717) is 0 Å². The van der Waals surface area contributed by atoms with Gasteiger partial charge in [-0.2, -0.15) is 0 Å². The van der Waals surface area contributed by atoms with Crippen molar-refractivity contribution in [3.05, 3.63) is 71.9 Å². The smallest absolute Gasteiger partial charge is 0.249 e. The Bertz CT molecular complexity index is 963. The van der Waals surface area contributed by atoms with Crippen LogP contribution in [0.5, 0.6) is 0 Å². The number of aromatic nitrogens is 1. The Balaban J connectivity index is 1.71. The molecule has 2 aromatic carbocycles. The van der Waals surface area contributed by atoms with E-state index in [4.69, 9.17) is 0 Å². The normalized spacial score (nSPS) is 11.7. The first-order chi connectivity index (χ1) is 13.0. The van der Waals surface area contributed by atoms with Crippen molar-refractivity contribution in [2.75, 3.05) is 0 Å². The first kappa shape index (κ1) is 18.4. The van der Waals surface area contributed by atoms with Gasteiger partial charge in [-0.1, -0.05) is 48.5 Å². The second kappa shape index (κ2) is 8.31. The summed E-state index contributed by atoms with van der Waals surface area (Å²) >= 11 is 0. The number of H-pyrrole nitrogens is 1. The van der Waals surface area contributed by atoms with Gasteiger partial charge in [-0.3, -0.25) is 19.7 Å². The van der Waals surface area contributed by atoms with Crippen LogP contribution in [0.15, 0.2) is 60.8 Å². The van der Waals surface area contributed by atoms with Gasteiger partial charge in [-0.05, 0) is 17.2 Å². The van der Waals surface area contributed by atoms with E-state index in [1.807, 2.05) is 60.8 Å². The van der Waals surface area contributed by atoms with Gasteiger partial charge in [0.25, 0.3) is 0 Å². The molecule has 1 atom stereocenters. The Hall–Kier alpha value is -3.41. The van der Waals surface area contributed by atoms with Crippen molar-refractivity contribution < 1.29 is 14.4 Å². The zero-order valence-electron chi connectivity index (χ0n) is 15.0. The molecule has 6 nitrogen and oxygen atoms in total. The first-order valence-corrected chi connectivity index (χ1v) is 8.72. The van der Waals surface area contributed by atoms with Crippen molar-refractivity contribution in [1.82, 2.24) is 15.6 Å². The standard InChI is InChI=1S/C21H21N3O3/c1-14(25)23-19(12-16-13-22-18-10-6-5-9-17(16)18)21(27)24-20(26)11-15-7-3-2-4-8-15/h2-10,13,19,22H,11-12H2,1H3,(H,23,25)(H,24,26,27)/t19-/m0/s1. The third kappa shape index (κ3) is 4.82. The van der Waals surface area contributed by atoms with E-state index in [9.17, 15) is 14.4 Å². The van der Waals surface area contributed by atoms with Gasteiger partial charge in [0.1, 0.15) is 6.04 Å². The summed E-state index contributed by atoms with van der Waals surface area (Å²) in [4.78, 5) is 39.5. The topological polar surface area (TPSA) is 91.1 Å². The van der Waals surface area contributed by atoms with Crippen LogP contribution in [0.1, 0.15) is 18.1 Å². The van der Waals surface area contributed by atoms with E-state index in [1.165, 1.54) is 6.92 Å². The van der Waals surface area contributed by atoms with Crippen LogP contribution in [0.4, 0.5) is 0 Å². The Kier molecular flexibility index (Phi) is 5.66. The van der Waals surface area contributed by atoms with Crippen molar-refractivity contribution in [1.29, 1.82) is 0 Å². The molecule has 0 saturated heterocycles. The summed E-state index contributed by atoms with van der Waals surface area (Å²) in [5.41, 5.74) is 2.67. The lowest BCUT2D eigenvalue weighted by Gasteiger charge is -2.17. The van der Waals surface area contributed by atoms with Crippen LogP contribution in [0.3, 0.4) is 0 Å². The molecular formula is C21H21N3O3. The molecule has 0 aliphatic heterocycles. The summed E-state index contributed by atoms with van der Waals surface area (Å²) in [5.74, 6) is -1.25. The SMILES string of the molecule is CC(=O)N[C@@H](Cc1c[nH]c2ccccc12)C(=O)NC(=O)Cc1ccccc1.